The average molecular weight is 424 g/mol. The standard InChI is InChI=1S/C25H33N3O3/c1-3-30-22-7-5-21(6-8-22)28-15-13-27(14-16-28)12-10-24-23-9-4-20(25(29)26-2)18-19(23)11-17-31-24/h4-9,18,24H,3,10-17H2,1-2H3,(H,26,29). The molecule has 31 heavy (non-hydrogen) atoms. The van der Waals surface area contributed by atoms with E-state index in [1.807, 2.05) is 19.1 Å². The number of nitrogens with one attached hydrogen (secondary N) is 1. The Hall–Kier alpha value is -2.57. The van der Waals surface area contributed by atoms with E-state index >= 15 is 0 Å². The van der Waals surface area contributed by atoms with Crippen LogP contribution in [0.15, 0.2) is 42.5 Å². The van der Waals surface area contributed by atoms with Crippen molar-refractivity contribution in [2.75, 3.05) is 57.9 Å². The van der Waals surface area contributed by atoms with Crippen LogP contribution in [0, 0.1) is 0 Å². The smallest absolute Gasteiger partial charge is 0.251 e. The van der Waals surface area contributed by atoms with Gasteiger partial charge in [-0.15, -0.1) is 0 Å². The number of anilines is 1. The minimum atomic E-state index is -0.0313. The summed E-state index contributed by atoms with van der Waals surface area (Å²) in [4.78, 5) is 16.9. The first-order chi connectivity index (χ1) is 15.2. The largest absolute Gasteiger partial charge is 0.494 e. The number of benzene rings is 2. The lowest BCUT2D eigenvalue weighted by molar-refractivity contribution is 0.0288. The highest BCUT2D eigenvalue weighted by Crippen LogP contribution is 2.31. The van der Waals surface area contributed by atoms with Crippen LogP contribution in [-0.2, 0) is 11.2 Å². The molecule has 1 fully saturated rings. The Morgan fingerprint density at radius 3 is 2.61 bits per heavy atom. The van der Waals surface area contributed by atoms with Gasteiger partial charge in [-0.1, -0.05) is 6.07 Å². The lowest BCUT2D eigenvalue weighted by Gasteiger charge is -2.37. The highest BCUT2D eigenvalue weighted by atomic mass is 16.5. The summed E-state index contributed by atoms with van der Waals surface area (Å²) >= 11 is 0. The molecule has 0 spiro atoms. The van der Waals surface area contributed by atoms with Gasteiger partial charge >= 0.3 is 0 Å². The van der Waals surface area contributed by atoms with Crippen LogP contribution in [0.3, 0.4) is 0 Å². The van der Waals surface area contributed by atoms with Gasteiger partial charge in [0.05, 0.1) is 19.3 Å². The molecule has 166 valence electrons. The summed E-state index contributed by atoms with van der Waals surface area (Å²) in [5, 5.41) is 2.70. The number of piperazine rings is 1. The minimum absolute atomic E-state index is 0.0313. The van der Waals surface area contributed by atoms with Crippen molar-refractivity contribution in [1.82, 2.24) is 10.2 Å². The molecule has 2 aliphatic heterocycles. The number of carbonyl (C=O) groups is 1. The Bertz CT molecular complexity index is 876. The van der Waals surface area contributed by atoms with Crippen molar-refractivity contribution in [3.63, 3.8) is 0 Å². The second-order valence-electron chi connectivity index (χ2n) is 8.15. The summed E-state index contributed by atoms with van der Waals surface area (Å²) in [6.07, 6.45) is 1.97. The second kappa shape index (κ2) is 10.2. The van der Waals surface area contributed by atoms with Gasteiger partial charge < -0.3 is 19.7 Å². The van der Waals surface area contributed by atoms with Crippen LogP contribution >= 0.6 is 0 Å². The predicted octanol–water partition coefficient (Wildman–Crippen LogP) is 3.27. The summed E-state index contributed by atoms with van der Waals surface area (Å²) in [5.74, 6) is 0.899. The lowest BCUT2D eigenvalue weighted by atomic mass is 9.93. The Labute approximate surface area is 185 Å². The molecule has 2 aliphatic rings. The van der Waals surface area contributed by atoms with Crippen LogP contribution in [-0.4, -0.2) is 63.8 Å². The molecule has 1 atom stereocenters. The summed E-state index contributed by atoms with van der Waals surface area (Å²) in [6.45, 7) is 8.63. The molecule has 2 heterocycles. The van der Waals surface area contributed by atoms with Gasteiger partial charge in [0, 0.05) is 51.0 Å². The van der Waals surface area contributed by atoms with Crippen LogP contribution in [0.4, 0.5) is 5.69 Å². The first-order valence-corrected chi connectivity index (χ1v) is 11.3. The number of amides is 1. The molecule has 2 aromatic carbocycles. The van der Waals surface area contributed by atoms with Gasteiger partial charge in [-0.3, -0.25) is 9.69 Å². The number of carbonyl (C=O) groups excluding carboxylic acids is 1. The quantitative estimate of drug-likeness (QED) is 0.741. The highest BCUT2D eigenvalue weighted by Gasteiger charge is 2.24. The third kappa shape index (κ3) is 5.20. The minimum Gasteiger partial charge on any atom is -0.494 e. The molecule has 0 aliphatic carbocycles. The normalized spacial score (nSPS) is 19.0. The molecule has 1 saturated heterocycles. The molecule has 2 aromatic rings. The Morgan fingerprint density at radius 1 is 1.13 bits per heavy atom. The van der Waals surface area contributed by atoms with E-state index in [2.05, 4.69) is 45.4 Å². The van der Waals surface area contributed by atoms with Gasteiger partial charge in [0.1, 0.15) is 5.75 Å². The molecule has 4 rings (SSSR count). The molecule has 1 N–H and O–H groups in total. The van der Waals surface area contributed by atoms with Crippen molar-refractivity contribution in [3.05, 3.63) is 59.2 Å². The summed E-state index contributed by atoms with van der Waals surface area (Å²) in [5.41, 5.74) is 4.48. The van der Waals surface area contributed by atoms with E-state index in [0.717, 1.165) is 63.5 Å². The van der Waals surface area contributed by atoms with Crippen molar-refractivity contribution in [3.8, 4) is 5.75 Å². The molecule has 6 heteroatoms. The van der Waals surface area contributed by atoms with Crippen LogP contribution in [0.25, 0.3) is 0 Å². The van der Waals surface area contributed by atoms with E-state index in [0.29, 0.717) is 6.61 Å². The summed E-state index contributed by atoms with van der Waals surface area (Å²) in [6, 6.07) is 14.4. The lowest BCUT2D eigenvalue weighted by Crippen LogP contribution is -2.46. The van der Waals surface area contributed by atoms with Crippen molar-refractivity contribution >= 4 is 11.6 Å². The van der Waals surface area contributed by atoms with Crippen molar-refractivity contribution in [1.29, 1.82) is 0 Å². The molecule has 6 nitrogen and oxygen atoms in total. The van der Waals surface area contributed by atoms with Gasteiger partial charge in [0.25, 0.3) is 5.91 Å². The zero-order chi connectivity index (χ0) is 21.6. The number of fused-ring (bicyclic) bond motifs is 1. The van der Waals surface area contributed by atoms with Crippen molar-refractivity contribution < 1.29 is 14.3 Å². The molecule has 1 unspecified atom stereocenters. The molecule has 0 bridgehead atoms. The zero-order valence-corrected chi connectivity index (χ0v) is 18.6. The fourth-order valence-corrected chi connectivity index (χ4v) is 4.51. The molecule has 0 radical (unpaired) electrons. The van der Waals surface area contributed by atoms with Gasteiger partial charge in [-0.2, -0.15) is 0 Å². The predicted molar refractivity (Wildman–Crippen MR) is 123 cm³/mol. The maximum Gasteiger partial charge on any atom is 0.251 e. The fourth-order valence-electron chi connectivity index (χ4n) is 4.51. The average Bonchev–Trinajstić information content (AvgIpc) is 2.83. The number of hydrogen-bond donors (Lipinski definition) is 1. The summed E-state index contributed by atoms with van der Waals surface area (Å²) in [7, 11) is 1.67. The maximum atomic E-state index is 11.9. The Kier molecular flexibility index (Phi) is 7.10. The number of ether oxygens (including phenoxy) is 2. The van der Waals surface area contributed by atoms with E-state index in [-0.39, 0.29) is 12.0 Å². The van der Waals surface area contributed by atoms with Gasteiger partial charge in [-0.05, 0) is 67.3 Å². The van der Waals surface area contributed by atoms with Crippen LogP contribution in [0.2, 0.25) is 0 Å². The van der Waals surface area contributed by atoms with Gasteiger partial charge in [0.15, 0.2) is 0 Å². The van der Waals surface area contributed by atoms with E-state index in [1.165, 1.54) is 16.8 Å². The van der Waals surface area contributed by atoms with Crippen molar-refractivity contribution in [2.45, 2.75) is 25.9 Å². The van der Waals surface area contributed by atoms with E-state index < -0.39 is 0 Å². The topological polar surface area (TPSA) is 54.0 Å². The van der Waals surface area contributed by atoms with Gasteiger partial charge in [-0.25, -0.2) is 0 Å². The SMILES string of the molecule is CCOc1ccc(N2CCN(CCC3OCCc4cc(C(=O)NC)ccc43)CC2)cc1. The molecule has 0 saturated carbocycles. The third-order valence-electron chi connectivity index (χ3n) is 6.26. The van der Waals surface area contributed by atoms with Gasteiger partial charge in [0.2, 0.25) is 0 Å². The second-order valence-corrected chi connectivity index (χ2v) is 8.15. The Balaban J connectivity index is 1.29. The van der Waals surface area contributed by atoms with Crippen LogP contribution < -0.4 is 15.0 Å². The van der Waals surface area contributed by atoms with Crippen LogP contribution in [0.5, 0.6) is 5.75 Å². The number of hydrogen-bond acceptors (Lipinski definition) is 5. The third-order valence-corrected chi connectivity index (χ3v) is 6.26. The maximum absolute atomic E-state index is 11.9. The molecule has 0 aromatic heterocycles. The number of nitrogens with zero attached hydrogens (tertiary/aromatic N) is 2. The molecular weight excluding hydrogens is 390 g/mol. The van der Waals surface area contributed by atoms with E-state index in [1.54, 1.807) is 7.05 Å². The molecule has 1 amide bonds. The zero-order valence-electron chi connectivity index (χ0n) is 18.6. The number of rotatable bonds is 7. The fraction of sp³-hybridized carbons (Fsp3) is 0.480. The molecular formula is C25H33N3O3. The Morgan fingerprint density at radius 2 is 1.90 bits per heavy atom. The first kappa shape index (κ1) is 21.7. The highest BCUT2D eigenvalue weighted by molar-refractivity contribution is 5.94. The summed E-state index contributed by atoms with van der Waals surface area (Å²) < 4.78 is 11.6. The monoisotopic (exact) mass is 423 g/mol. The van der Waals surface area contributed by atoms with Crippen LogP contribution in [0.1, 0.15) is 40.9 Å². The van der Waals surface area contributed by atoms with E-state index in [4.69, 9.17) is 9.47 Å². The van der Waals surface area contributed by atoms with Crippen molar-refractivity contribution in [2.24, 2.45) is 0 Å². The van der Waals surface area contributed by atoms with E-state index in [9.17, 15) is 4.79 Å². The first-order valence-electron chi connectivity index (χ1n) is 11.3.